The Hall–Kier alpha value is -7.04. The predicted octanol–water partition coefficient (Wildman–Crippen LogP) is 16.3. The van der Waals surface area contributed by atoms with Gasteiger partial charge < -0.3 is 5.11 Å². The highest BCUT2D eigenvalue weighted by Gasteiger charge is 2.23. The van der Waals surface area contributed by atoms with E-state index >= 15 is 0 Å². The Bertz CT molecular complexity index is 3530. The molecule has 0 aliphatic carbocycles. The lowest BCUT2D eigenvalue weighted by molar-refractivity contribution is 0.472. The zero-order valence-electron chi connectivity index (χ0n) is 47.9. The first-order chi connectivity index (χ1) is 35.1. The highest BCUT2D eigenvalue weighted by Crippen LogP contribution is 2.42. The van der Waals surface area contributed by atoms with Crippen molar-refractivity contribution >= 4 is 11.0 Å². The van der Waals surface area contributed by atoms with Crippen LogP contribution in [0.25, 0.3) is 83.9 Å². The molecule has 0 bridgehead atoms. The number of aromatic nitrogens is 3. The number of benzene rings is 7. The lowest BCUT2D eigenvalue weighted by atomic mass is 9.85. The van der Waals surface area contributed by atoms with E-state index in [1.54, 1.807) is 24.4 Å². The molecule has 0 atom stereocenters. The summed E-state index contributed by atoms with van der Waals surface area (Å²) < 4.78 is 94.0. The van der Waals surface area contributed by atoms with E-state index < -0.39 is 37.8 Å². The second-order valence-corrected chi connectivity index (χ2v) is 17.1. The third kappa shape index (κ3) is 8.05. The number of aromatic hydroxyl groups is 1. The number of rotatable bonds is 9. The van der Waals surface area contributed by atoms with Crippen molar-refractivity contribution in [1.82, 2.24) is 14.5 Å². The van der Waals surface area contributed by atoms with Gasteiger partial charge in [0.15, 0.2) is 0 Å². The molecule has 0 saturated heterocycles. The van der Waals surface area contributed by atoms with E-state index in [0.717, 1.165) is 66.8 Å². The molecule has 64 heavy (non-hydrogen) atoms. The van der Waals surface area contributed by atoms with Gasteiger partial charge in [-0.15, -0.1) is 0 Å². The smallest absolute Gasteiger partial charge is 0.149 e. The van der Waals surface area contributed by atoms with Crippen LogP contribution in [0.5, 0.6) is 5.75 Å². The number of fused-ring (bicyclic) bond motifs is 1. The maximum Gasteiger partial charge on any atom is 0.149 e. The molecule has 4 heteroatoms. The Balaban J connectivity index is 1.21. The van der Waals surface area contributed by atoms with E-state index in [0.29, 0.717) is 39.3 Å². The molecule has 0 radical (unpaired) electrons. The standard InChI is InChI=1S/C60H57N3O/c1-37(2)50-17-13-18-51(38(3)4)56(50)43-23-27-49(28-24-43)63-55-20-14-19-52(57(55)62-59(63)53-32-39(5)31-40(6)58(53)64)46-33-45(41-15-11-10-12-16-41)34-47(35-46)54-36-44(29-30-61-54)42-21-25-48(26-22-42)60(7,8)9/h10-38,64H,1-9H3/i7D3,8D3,9D3,37D,38D. The van der Waals surface area contributed by atoms with Crippen LogP contribution in [0.1, 0.15) is 103 Å². The van der Waals surface area contributed by atoms with Gasteiger partial charge in [-0.2, -0.15) is 0 Å². The maximum atomic E-state index is 11.8. The number of phenolic OH excluding ortho intramolecular Hbond substituents is 1. The minimum atomic E-state index is -3.38. The van der Waals surface area contributed by atoms with E-state index in [4.69, 9.17) is 25.0 Å². The summed E-state index contributed by atoms with van der Waals surface area (Å²) in [5.74, 6) is -1.22. The van der Waals surface area contributed by atoms with Gasteiger partial charge >= 0.3 is 0 Å². The molecule has 2 aromatic heterocycles. The number of aryl methyl sites for hydroxylation is 2. The lowest BCUT2D eigenvalue weighted by Gasteiger charge is -2.20. The summed E-state index contributed by atoms with van der Waals surface area (Å²) >= 11 is 0. The predicted molar refractivity (Wildman–Crippen MR) is 269 cm³/mol. The number of pyridine rings is 1. The molecule has 1 N–H and O–H groups in total. The Labute approximate surface area is 394 Å². The molecule has 0 spiro atoms. The Morgan fingerprint density at radius 3 is 1.91 bits per heavy atom. The van der Waals surface area contributed by atoms with Gasteiger partial charge in [-0.05, 0) is 152 Å². The molecule has 0 unspecified atom stereocenters. The molecule has 9 aromatic rings. The van der Waals surface area contributed by atoms with E-state index in [-0.39, 0.29) is 11.3 Å². The number of hydrogen-bond acceptors (Lipinski definition) is 3. The zero-order chi connectivity index (χ0) is 54.2. The van der Waals surface area contributed by atoms with Crippen molar-refractivity contribution in [2.45, 2.75) is 79.3 Å². The second kappa shape index (κ2) is 16.9. The van der Waals surface area contributed by atoms with E-state index in [1.807, 2.05) is 157 Å². The molecule has 318 valence electrons. The molecular formula is C60H57N3O. The number of hydrogen-bond donors (Lipinski definition) is 1. The average Bonchev–Trinajstić information content (AvgIpc) is 3.79. The summed E-state index contributed by atoms with van der Waals surface area (Å²) in [6, 6.07) is 49.3. The molecule has 4 nitrogen and oxygen atoms in total. The van der Waals surface area contributed by atoms with Gasteiger partial charge in [-0.25, -0.2) is 4.98 Å². The molecule has 0 saturated carbocycles. The molecule has 0 fully saturated rings. The summed E-state index contributed by atoms with van der Waals surface area (Å²) in [5, 5.41) is 11.8. The topological polar surface area (TPSA) is 50.9 Å². The fourth-order valence-corrected chi connectivity index (χ4v) is 8.79. The number of para-hydroxylation sites is 1. The highest BCUT2D eigenvalue weighted by atomic mass is 16.3. The Kier molecular flexibility index (Phi) is 8.17. The van der Waals surface area contributed by atoms with Crippen molar-refractivity contribution in [1.29, 1.82) is 0 Å². The van der Waals surface area contributed by atoms with Gasteiger partial charge in [-0.3, -0.25) is 9.55 Å². The number of nitrogens with zero attached hydrogens (tertiary/aromatic N) is 3. The van der Waals surface area contributed by atoms with Crippen molar-refractivity contribution in [3.63, 3.8) is 0 Å². The van der Waals surface area contributed by atoms with Crippen LogP contribution in [-0.4, -0.2) is 19.6 Å². The average molecular weight is 847 g/mol. The third-order valence-corrected chi connectivity index (χ3v) is 12.0. The minimum absolute atomic E-state index is 0.115. The first-order valence-corrected chi connectivity index (χ1v) is 21.5. The van der Waals surface area contributed by atoms with E-state index in [1.165, 1.54) is 12.1 Å². The van der Waals surface area contributed by atoms with Gasteiger partial charge in [0.25, 0.3) is 0 Å². The fraction of sp³-hybridized carbons (Fsp3) is 0.200. The number of imidazole rings is 1. The minimum Gasteiger partial charge on any atom is -0.507 e. The van der Waals surface area contributed by atoms with Gasteiger partial charge in [-0.1, -0.05) is 151 Å². The Morgan fingerprint density at radius 2 is 1.22 bits per heavy atom. The third-order valence-electron chi connectivity index (χ3n) is 12.0. The van der Waals surface area contributed by atoms with E-state index in [9.17, 15) is 5.11 Å². The Morgan fingerprint density at radius 1 is 0.578 bits per heavy atom. The zero-order valence-corrected chi connectivity index (χ0v) is 36.9. The molecule has 7 aromatic carbocycles. The van der Waals surface area contributed by atoms with Crippen LogP contribution in [-0.2, 0) is 5.41 Å². The van der Waals surface area contributed by atoms with Crippen LogP contribution in [0.15, 0.2) is 164 Å². The van der Waals surface area contributed by atoms with Crippen molar-refractivity contribution in [2.24, 2.45) is 0 Å². The lowest BCUT2D eigenvalue weighted by Crippen LogP contribution is -2.10. The SMILES string of the molecule is [2H]C(C)(C)c1cccc(C([2H])(C)C)c1-c1ccc(-n2c(-c3cc(C)cc(C)c3O)nc3c(-c4cc(-c5ccccc5)cc(-c5cc(-c6ccc(C(C([2H])([2H])[2H])(C([2H])([2H])[2H])C([2H])([2H])[2H])cc6)ccn5)c4)cccc32)cc1. The molecule has 0 amide bonds. The first kappa shape index (κ1) is 30.9. The highest BCUT2D eigenvalue weighted by molar-refractivity contribution is 5.98. The van der Waals surface area contributed by atoms with Crippen LogP contribution in [0.3, 0.4) is 0 Å². The quantitative estimate of drug-likeness (QED) is 0.157. The van der Waals surface area contributed by atoms with Crippen LogP contribution in [0, 0.1) is 13.8 Å². The van der Waals surface area contributed by atoms with Gasteiger partial charge in [0.1, 0.15) is 11.6 Å². The molecule has 0 aliphatic rings. The summed E-state index contributed by atoms with van der Waals surface area (Å²) in [7, 11) is 0. The largest absolute Gasteiger partial charge is 0.507 e. The molecular weight excluding hydrogens is 779 g/mol. The maximum absolute atomic E-state index is 11.8. The monoisotopic (exact) mass is 847 g/mol. The van der Waals surface area contributed by atoms with Crippen molar-refractivity contribution in [3.05, 3.63) is 192 Å². The summed E-state index contributed by atoms with van der Waals surface area (Å²) in [6.45, 7) is 1.16. The fourth-order valence-electron chi connectivity index (χ4n) is 8.79. The summed E-state index contributed by atoms with van der Waals surface area (Å²) in [6.07, 6.45) is 1.66. The number of phenols is 1. The molecule has 2 heterocycles. The molecule has 0 aliphatic heterocycles. The van der Waals surface area contributed by atoms with Gasteiger partial charge in [0.2, 0.25) is 0 Å². The van der Waals surface area contributed by atoms with Crippen molar-refractivity contribution in [3.8, 4) is 78.6 Å². The van der Waals surface area contributed by atoms with Crippen LogP contribution in [0.4, 0.5) is 0 Å². The first-order valence-electron chi connectivity index (χ1n) is 27.0. The van der Waals surface area contributed by atoms with Crippen molar-refractivity contribution < 1.29 is 20.2 Å². The van der Waals surface area contributed by atoms with E-state index in [2.05, 4.69) is 16.7 Å². The summed E-state index contributed by atoms with van der Waals surface area (Å²) in [5.41, 5.74) is 10.5. The van der Waals surface area contributed by atoms with Gasteiger partial charge in [0.05, 0.1) is 22.3 Å². The van der Waals surface area contributed by atoms with Gasteiger partial charge in [0, 0.05) is 38.1 Å². The van der Waals surface area contributed by atoms with Crippen LogP contribution < -0.4 is 0 Å². The van der Waals surface area contributed by atoms with Crippen LogP contribution in [0.2, 0.25) is 0 Å². The normalized spacial score (nSPS) is 15.3. The second-order valence-electron chi connectivity index (χ2n) is 17.1. The van der Waals surface area contributed by atoms with Crippen molar-refractivity contribution in [2.75, 3.05) is 0 Å². The summed E-state index contributed by atoms with van der Waals surface area (Å²) in [4.78, 5) is 10.2. The van der Waals surface area contributed by atoms with Crippen LogP contribution >= 0.6 is 0 Å². The molecule has 9 rings (SSSR count).